The van der Waals surface area contributed by atoms with Crippen LogP contribution in [0.4, 0.5) is 5.69 Å². The van der Waals surface area contributed by atoms with Gasteiger partial charge < -0.3 is 19.5 Å². The monoisotopic (exact) mass is 496 g/mol. The molecule has 0 radical (unpaired) electrons. The molecular formula is C26H32N4O4S. The minimum Gasteiger partial charge on any atom is -0.377 e. The number of fused-ring (bicyclic) bond motifs is 1. The van der Waals surface area contributed by atoms with E-state index in [-0.39, 0.29) is 23.4 Å². The molecule has 0 bridgehead atoms. The van der Waals surface area contributed by atoms with Crippen LogP contribution in [0.5, 0.6) is 0 Å². The van der Waals surface area contributed by atoms with Crippen LogP contribution in [0.1, 0.15) is 18.4 Å². The Morgan fingerprint density at radius 3 is 2.51 bits per heavy atom. The second kappa shape index (κ2) is 9.29. The first kappa shape index (κ1) is 23.8. The molecule has 1 amide bonds. The molecule has 1 aromatic heterocycles. The van der Waals surface area contributed by atoms with Gasteiger partial charge in [-0.3, -0.25) is 4.79 Å². The van der Waals surface area contributed by atoms with Crippen molar-refractivity contribution in [3.05, 3.63) is 48.0 Å². The third kappa shape index (κ3) is 4.55. The van der Waals surface area contributed by atoms with Gasteiger partial charge in [0.2, 0.25) is 15.9 Å². The number of hydrogen-bond acceptors (Lipinski definition) is 5. The third-order valence-corrected chi connectivity index (χ3v) is 8.91. The maximum Gasteiger partial charge on any atom is 0.243 e. The molecule has 0 aliphatic carbocycles. The van der Waals surface area contributed by atoms with Crippen LogP contribution < -0.4 is 4.90 Å². The fourth-order valence-electron chi connectivity index (χ4n) is 4.73. The molecule has 0 atom stereocenters. The standard InChI is InChI=1S/C26H32N4O4S/c1-18-6-7-19-13-24(27-23(19)12-18)22-14-21(8-9-25(22)30-10-4-5-11-30)35(32,33)28(2)15-26(31)29(3)20-16-34-17-20/h6-9,12-14,20,27H,4-5,10-11,15-17H2,1-3H3. The van der Waals surface area contributed by atoms with Gasteiger partial charge in [-0.1, -0.05) is 12.1 Å². The molecule has 0 saturated carbocycles. The van der Waals surface area contributed by atoms with Gasteiger partial charge in [0.05, 0.1) is 30.7 Å². The molecule has 186 valence electrons. The number of aromatic nitrogens is 1. The smallest absolute Gasteiger partial charge is 0.243 e. The second-order valence-electron chi connectivity index (χ2n) is 9.60. The van der Waals surface area contributed by atoms with Gasteiger partial charge in [0.25, 0.3) is 0 Å². The first-order chi connectivity index (χ1) is 16.7. The molecule has 3 heterocycles. The van der Waals surface area contributed by atoms with E-state index in [1.54, 1.807) is 24.1 Å². The number of amides is 1. The Morgan fingerprint density at radius 2 is 1.83 bits per heavy atom. The first-order valence-corrected chi connectivity index (χ1v) is 13.5. The van der Waals surface area contributed by atoms with Gasteiger partial charge in [0.1, 0.15) is 0 Å². The minimum atomic E-state index is -3.87. The lowest BCUT2D eigenvalue weighted by atomic mass is 10.1. The summed E-state index contributed by atoms with van der Waals surface area (Å²) in [5, 5.41) is 1.08. The van der Waals surface area contributed by atoms with Crippen LogP contribution in [0.2, 0.25) is 0 Å². The Labute approximate surface area is 206 Å². The maximum absolute atomic E-state index is 13.5. The number of aromatic amines is 1. The molecule has 8 nitrogen and oxygen atoms in total. The van der Waals surface area contributed by atoms with Gasteiger partial charge in [-0.2, -0.15) is 4.31 Å². The molecule has 2 fully saturated rings. The van der Waals surface area contributed by atoms with E-state index < -0.39 is 10.0 Å². The largest absolute Gasteiger partial charge is 0.377 e. The minimum absolute atomic E-state index is 0.00981. The number of sulfonamides is 1. The maximum atomic E-state index is 13.5. The Balaban J connectivity index is 1.49. The average Bonchev–Trinajstić information content (AvgIpc) is 3.47. The summed E-state index contributed by atoms with van der Waals surface area (Å²) in [6.07, 6.45) is 2.24. The van der Waals surface area contributed by atoms with Gasteiger partial charge in [-0.25, -0.2) is 8.42 Å². The van der Waals surface area contributed by atoms with E-state index in [0.29, 0.717) is 13.2 Å². The van der Waals surface area contributed by atoms with Crippen molar-refractivity contribution in [3.63, 3.8) is 0 Å². The molecule has 2 saturated heterocycles. The van der Waals surface area contributed by atoms with Crippen molar-refractivity contribution in [3.8, 4) is 11.3 Å². The predicted molar refractivity (Wildman–Crippen MR) is 137 cm³/mol. The zero-order valence-corrected chi connectivity index (χ0v) is 21.3. The van der Waals surface area contributed by atoms with Gasteiger partial charge >= 0.3 is 0 Å². The number of hydrogen-bond donors (Lipinski definition) is 1. The SMILES string of the molecule is Cc1ccc2cc(-c3cc(S(=O)(=O)N(C)CC(=O)N(C)C4COC4)ccc3N3CCCC3)[nH]c2c1. The summed E-state index contributed by atoms with van der Waals surface area (Å²) in [7, 11) is -0.720. The summed E-state index contributed by atoms with van der Waals surface area (Å²) in [5.41, 5.74) is 4.93. The third-order valence-electron chi connectivity index (χ3n) is 7.11. The van der Waals surface area contributed by atoms with E-state index >= 15 is 0 Å². The molecule has 35 heavy (non-hydrogen) atoms. The van der Waals surface area contributed by atoms with Crippen molar-refractivity contribution in [2.75, 3.05) is 51.8 Å². The van der Waals surface area contributed by atoms with Crippen LogP contribution >= 0.6 is 0 Å². The zero-order valence-electron chi connectivity index (χ0n) is 20.5. The van der Waals surface area contributed by atoms with Gasteiger partial charge in [-0.15, -0.1) is 0 Å². The van der Waals surface area contributed by atoms with Crippen molar-refractivity contribution < 1.29 is 17.9 Å². The Morgan fingerprint density at radius 1 is 1.09 bits per heavy atom. The summed E-state index contributed by atoms with van der Waals surface area (Å²) >= 11 is 0. The van der Waals surface area contributed by atoms with E-state index in [0.717, 1.165) is 63.6 Å². The van der Waals surface area contributed by atoms with Crippen LogP contribution in [0.15, 0.2) is 47.4 Å². The number of ether oxygens (including phenoxy) is 1. The lowest BCUT2D eigenvalue weighted by Gasteiger charge is -2.35. The van der Waals surface area contributed by atoms with Crippen LogP contribution in [0.3, 0.4) is 0 Å². The fraction of sp³-hybridized carbons (Fsp3) is 0.423. The lowest BCUT2D eigenvalue weighted by molar-refractivity contribution is -0.141. The summed E-state index contributed by atoms with van der Waals surface area (Å²) in [4.78, 5) is 20.2. The normalized spacial score (nSPS) is 16.7. The highest BCUT2D eigenvalue weighted by atomic mass is 32.2. The zero-order chi connectivity index (χ0) is 24.7. The molecule has 1 N–H and O–H groups in total. The molecule has 5 rings (SSSR count). The van der Waals surface area contributed by atoms with Crippen molar-refractivity contribution in [1.82, 2.24) is 14.2 Å². The second-order valence-corrected chi connectivity index (χ2v) is 11.6. The quantitative estimate of drug-likeness (QED) is 0.543. The van der Waals surface area contributed by atoms with Crippen molar-refractivity contribution >= 4 is 32.5 Å². The number of aryl methyl sites for hydroxylation is 1. The van der Waals surface area contributed by atoms with E-state index in [4.69, 9.17) is 4.74 Å². The number of carbonyl (C=O) groups is 1. The summed E-state index contributed by atoms with van der Waals surface area (Å²) in [5.74, 6) is -0.246. The molecule has 2 aromatic carbocycles. The first-order valence-electron chi connectivity index (χ1n) is 12.0. The number of likely N-dealkylation sites (N-methyl/N-ethyl adjacent to an activating group) is 2. The number of benzene rings is 2. The Kier molecular flexibility index (Phi) is 6.33. The van der Waals surface area contributed by atoms with Gasteiger partial charge in [-0.05, 0) is 55.7 Å². The number of H-pyrrole nitrogens is 1. The highest BCUT2D eigenvalue weighted by Crippen LogP contribution is 2.36. The fourth-order valence-corrected chi connectivity index (χ4v) is 5.88. The molecule has 9 heteroatoms. The van der Waals surface area contributed by atoms with Gasteiger partial charge in [0, 0.05) is 55.0 Å². The molecular weight excluding hydrogens is 464 g/mol. The molecule has 2 aliphatic heterocycles. The summed E-state index contributed by atoms with van der Waals surface area (Å²) in [6, 6.07) is 13.6. The molecule has 0 unspecified atom stereocenters. The number of nitrogens with zero attached hydrogens (tertiary/aromatic N) is 3. The van der Waals surface area contributed by atoms with Crippen molar-refractivity contribution in [1.29, 1.82) is 0 Å². The van der Waals surface area contributed by atoms with E-state index in [9.17, 15) is 13.2 Å². The van der Waals surface area contributed by atoms with Crippen LogP contribution in [0.25, 0.3) is 22.2 Å². The molecule has 2 aliphatic rings. The lowest BCUT2D eigenvalue weighted by Crippen LogP contribution is -2.52. The summed E-state index contributed by atoms with van der Waals surface area (Å²) < 4.78 is 33.3. The van der Waals surface area contributed by atoms with Gasteiger partial charge in [0.15, 0.2) is 0 Å². The number of carbonyl (C=O) groups excluding carboxylic acids is 1. The van der Waals surface area contributed by atoms with E-state index in [1.807, 2.05) is 6.07 Å². The Bertz CT molecular complexity index is 1360. The molecule has 0 spiro atoms. The highest BCUT2D eigenvalue weighted by Gasteiger charge is 2.31. The van der Waals surface area contributed by atoms with Crippen LogP contribution in [-0.4, -0.2) is 81.5 Å². The predicted octanol–water partition coefficient (Wildman–Crippen LogP) is 3.22. The summed E-state index contributed by atoms with van der Waals surface area (Å²) in [6.45, 7) is 4.71. The van der Waals surface area contributed by atoms with E-state index in [2.05, 4.69) is 41.1 Å². The Hall–Kier alpha value is -2.88. The van der Waals surface area contributed by atoms with Crippen LogP contribution in [-0.2, 0) is 19.6 Å². The van der Waals surface area contributed by atoms with E-state index in [1.165, 1.54) is 7.05 Å². The highest BCUT2D eigenvalue weighted by molar-refractivity contribution is 7.89. The van der Waals surface area contributed by atoms with Crippen molar-refractivity contribution in [2.24, 2.45) is 0 Å². The average molecular weight is 497 g/mol. The van der Waals surface area contributed by atoms with Crippen LogP contribution in [0, 0.1) is 6.92 Å². The number of anilines is 1. The number of nitrogens with one attached hydrogen (secondary N) is 1. The topological polar surface area (TPSA) is 85.9 Å². The van der Waals surface area contributed by atoms with Crippen molar-refractivity contribution in [2.45, 2.75) is 30.7 Å². The number of rotatable bonds is 7. The molecule has 3 aromatic rings.